The van der Waals surface area contributed by atoms with Gasteiger partial charge in [0, 0.05) is 17.4 Å². The number of anilines is 1. The van der Waals surface area contributed by atoms with Gasteiger partial charge in [-0.25, -0.2) is 27.6 Å². The number of nitrogens with one attached hydrogen (secondary N) is 1. The van der Waals surface area contributed by atoms with Crippen LogP contribution < -0.4 is 5.32 Å². The Morgan fingerprint density at radius 1 is 1.18 bits per heavy atom. The normalized spacial score (nSPS) is 13.9. The molecule has 1 aromatic heterocycles. The van der Waals surface area contributed by atoms with Gasteiger partial charge in [-0.2, -0.15) is 0 Å². The monoisotopic (exact) mass is 481 g/mol. The van der Waals surface area contributed by atoms with E-state index in [9.17, 15) is 27.8 Å². The molecule has 0 bridgehead atoms. The van der Waals surface area contributed by atoms with Gasteiger partial charge < -0.3 is 20.6 Å². The molecule has 1 aromatic carbocycles. The number of aliphatic hydroxyl groups excluding tert-OH is 2. The zero-order valence-corrected chi connectivity index (χ0v) is 19.4. The van der Waals surface area contributed by atoms with Crippen LogP contribution in [0.4, 0.5) is 10.3 Å². The molecule has 33 heavy (non-hydrogen) atoms. The van der Waals surface area contributed by atoms with Crippen LogP contribution in [0.5, 0.6) is 0 Å². The van der Waals surface area contributed by atoms with Crippen molar-refractivity contribution in [2.24, 2.45) is 0 Å². The Kier molecular flexibility index (Phi) is 9.03. The van der Waals surface area contributed by atoms with Crippen molar-refractivity contribution in [1.82, 2.24) is 9.97 Å². The van der Waals surface area contributed by atoms with E-state index in [-0.39, 0.29) is 30.6 Å². The maximum absolute atomic E-state index is 13.5. The molecule has 0 aliphatic carbocycles. The number of aliphatic hydroxyl groups is 2. The summed E-state index contributed by atoms with van der Waals surface area (Å²) in [6.45, 7) is 3.81. The number of halogens is 1. The minimum absolute atomic E-state index is 0.0156. The maximum Gasteiger partial charge on any atom is 0.335 e. The fraction of sp³-hybridized carbons (Fsp3) is 0.409. The summed E-state index contributed by atoms with van der Waals surface area (Å²) in [6, 6.07) is 5.67. The Morgan fingerprint density at radius 2 is 1.82 bits per heavy atom. The molecule has 0 amide bonds. The van der Waals surface area contributed by atoms with Crippen molar-refractivity contribution >= 4 is 27.8 Å². The van der Waals surface area contributed by atoms with Crippen molar-refractivity contribution in [2.45, 2.75) is 44.8 Å². The largest absolute Gasteiger partial charge is 0.479 e. The van der Waals surface area contributed by atoms with Crippen molar-refractivity contribution < 1.29 is 32.9 Å². The Bertz CT molecular complexity index is 1100. The zero-order chi connectivity index (χ0) is 24.8. The van der Waals surface area contributed by atoms with Gasteiger partial charge in [-0.1, -0.05) is 26.0 Å². The molecule has 11 heteroatoms. The van der Waals surface area contributed by atoms with E-state index < -0.39 is 33.8 Å². The van der Waals surface area contributed by atoms with Crippen LogP contribution in [0.1, 0.15) is 43.9 Å². The van der Waals surface area contributed by atoms with E-state index in [1.165, 1.54) is 12.1 Å². The predicted octanol–water partition coefficient (Wildman–Crippen LogP) is 2.42. The number of carboxylic acid groups (broad SMARTS) is 1. The fourth-order valence-electron chi connectivity index (χ4n) is 2.98. The van der Waals surface area contributed by atoms with Crippen LogP contribution in [0, 0.1) is 5.82 Å². The Balaban J connectivity index is 2.45. The highest BCUT2D eigenvalue weighted by Crippen LogP contribution is 2.30. The first-order valence-electron chi connectivity index (χ1n) is 10.2. The molecule has 2 aromatic rings. The third-order valence-electron chi connectivity index (χ3n) is 4.66. The van der Waals surface area contributed by atoms with E-state index in [1.54, 1.807) is 24.3 Å². The number of allylic oxidation sites excluding steroid dienone is 1. The molecular weight excluding hydrogens is 453 g/mol. The summed E-state index contributed by atoms with van der Waals surface area (Å²) in [7, 11) is -3.33. The van der Waals surface area contributed by atoms with Crippen molar-refractivity contribution in [1.29, 1.82) is 0 Å². The van der Waals surface area contributed by atoms with E-state index in [2.05, 4.69) is 15.3 Å². The van der Waals surface area contributed by atoms with E-state index in [1.807, 2.05) is 13.8 Å². The number of nitrogens with zero attached hydrogens (tertiary/aromatic N) is 2. The number of carbonyl (C=O) groups is 1. The van der Waals surface area contributed by atoms with Crippen molar-refractivity contribution in [2.75, 3.05) is 17.4 Å². The minimum Gasteiger partial charge on any atom is -0.479 e. The lowest BCUT2D eigenvalue weighted by atomic mass is 9.97. The second-order valence-corrected chi connectivity index (χ2v) is 10.1. The number of sulfone groups is 1. The quantitative estimate of drug-likeness (QED) is 0.379. The van der Waals surface area contributed by atoms with E-state index in [0.29, 0.717) is 22.5 Å². The van der Waals surface area contributed by atoms with Gasteiger partial charge in [0.05, 0.1) is 17.5 Å². The van der Waals surface area contributed by atoms with Gasteiger partial charge in [0.15, 0.2) is 15.9 Å². The number of hydrogen-bond donors (Lipinski definition) is 4. The van der Waals surface area contributed by atoms with Gasteiger partial charge >= 0.3 is 5.97 Å². The maximum atomic E-state index is 13.5. The number of rotatable bonds is 11. The van der Waals surface area contributed by atoms with E-state index in [4.69, 9.17) is 5.11 Å². The predicted molar refractivity (Wildman–Crippen MR) is 123 cm³/mol. The molecule has 0 spiro atoms. The third-order valence-corrected chi connectivity index (χ3v) is 5.33. The molecule has 180 valence electrons. The van der Waals surface area contributed by atoms with Crippen molar-refractivity contribution in [3.05, 3.63) is 47.4 Å². The van der Waals surface area contributed by atoms with Crippen LogP contribution in [0.25, 0.3) is 17.3 Å². The summed E-state index contributed by atoms with van der Waals surface area (Å²) in [5.41, 5.74) is 2.27. The summed E-state index contributed by atoms with van der Waals surface area (Å²) in [6.07, 6.45) is 1.47. The number of hydrogen-bond acceptors (Lipinski definition) is 8. The Morgan fingerprint density at radius 3 is 2.36 bits per heavy atom. The van der Waals surface area contributed by atoms with Gasteiger partial charge in [0.25, 0.3) is 0 Å². The lowest BCUT2D eigenvalue weighted by molar-refractivity contribution is -0.152. The summed E-state index contributed by atoms with van der Waals surface area (Å²) in [4.78, 5) is 19.7. The molecule has 0 aliphatic heterocycles. The van der Waals surface area contributed by atoms with Crippen molar-refractivity contribution in [3.63, 3.8) is 0 Å². The first-order chi connectivity index (χ1) is 15.4. The number of aromatic nitrogens is 2. The zero-order valence-electron chi connectivity index (χ0n) is 18.6. The van der Waals surface area contributed by atoms with Crippen LogP contribution >= 0.6 is 0 Å². The third kappa shape index (κ3) is 7.88. The molecule has 4 N–H and O–H groups in total. The molecular formula is C22H28FN3O6S. The average molecular weight is 482 g/mol. The molecule has 0 radical (unpaired) electrons. The molecule has 9 nitrogen and oxygen atoms in total. The second kappa shape index (κ2) is 11.3. The smallest absolute Gasteiger partial charge is 0.335 e. The Labute approximate surface area is 192 Å². The van der Waals surface area contributed by atoms with Gasteiger partial charge in [0.2, 0.25) is 5.95 Å². The van der Waals surface area contributed by atoms with E-state index >= 15 is 0 Å². The number of aliphatic carboxylic acids is 1. The summed E-state index contributed by atoms with van der Waals surface area (Å²) in [5.74, 6) is -2.24. The van der Waals surface area contributed by atoms with Gasteiger partial charge in [-0.15, -0.1) is 0 Å². The second-order valence-electron chi connectivity index (χ2n) is 7.93. The van der Waals surface area contributed by atoms with Crippen LogP contribution in [0.15, 0.2) is 30.3 Å². The Hall–Kier alpha value is -2.89. The number of benzene rings is 1. The first-order valence-corrected chi connectivity index (χ1v) is 12.3. The van der Waals surface area contributed by atoms with E-state index in [0.717, 1.165) is 6.26 Å². The minimum atomic E-state index is -3.33. The fourth-order valence-corrected chi connectivity index (χ4v) is 3.38. The van der Waals surface area contributed by atoms with Crippen LogP contribution in [-0.2, 0) is 14.6 Å². The topological polar surface area (TPSA) is 150 Å². The van der Waals surface area contributed by atoms with Crippen LogP contribution in [0.2, 0.25) is 0 Å². The highest BCUT2D eigenvalue weighted by molar-refractivity contribution is 7.90. The molecule has 0 fully saturated rings. The lowest BCUT2D eigenvalue weighted by Gasteiger charge is -2.16. The molecule has 2 atom stereocenters. The summed E-state index contributed by atoms with van der Waals surface area (Å²) in [5, 5.41) is 30.7. The SMILES string of the molecule is CC(C)c1nc(NCS(C)(=O)=O)nc(-c2ccc(F)cc2)c1C=CCC[C@H](O)C(O)C(=O)O. The summed E-state index contributed by atoms with van der Waals surface area (Å²) < 4.78 is 36.6. The highest BCUT2D eigenvalue weighted by atomic mass is 32.2. The lowest BCUT2D eigenvalue weighted by Crippen LogP contribution is -2.33. The van der Waals surface area contributed by atoms with Gasteiger partial charge in [0.1, 0.15) is 11.7 Å². The van der Waals surface area contributed by atoms with Crippen molar-refractivity contribution in [3.8, 4) is 11.3 Å². The molecule has 0 saturated heterocycles. The van der Waals surface area contributed by atoms with Gasteiger partial charge in [-0.05, 0) is 43.0 Å². The number of carboxylic acids is 1. The first kappa shape index (κ1) is 26.4. The molecule has 1 unspecified atom stereocenters. The average Bonchev–Trinajstić information content (AvgIpc) is 2.74. The summed E-state index contributed by atoms with van der Waals surface area (Å²) >= 11 is 0. The van der Waals surface area contributed by atoms with Crippen LogP contribution in [-0.4, -0.2) is 64.0 Å². The van der Waals surface area contributed by atoms with Gasteiger partial charge in [-0.3, -0.25) is 0 Å². The molecule has 1 heterocycles. The van der Waals surface area contributed by atoms with Crippen LogP contribution in [0.3, 0.4) is 0 Å². The molecule has 0 aliphatic rings. The molecule has 2 rings (SSSR count). The standard InChI is InChI=1S/C22H28FN3O6S/c1-13(2)18-16(6-4-5-7-17(27)20(28)21(29)30)19(14-8-10-15(23)11-9-14)26-22(25-18)24-12-33(3,31)32/h4,6,8-11,13,17,20,27-28H,5,7,12H2,1-3H3,(H,29,30)(H,24,25,26)/t17-,20?/m0/s1. The highest BCUT2D eigenvalue weighted by Gasteiger charge is 2.22. The molecule has 0 saturated carbocycles.